The van der Waals surface area contributed by atoms with Crippen LogP contribution in [0.5, 0.6) is 0 Å². The van der Waals surface area contributed by atoms with E-state index in [4.69, 9.17) is 0 Å². The molecule has 0 aromatic heterocycles. The van der Waals surface area contributed by atoms with Crippen molar-refractivity contribution in [3.05, 3.63) is 46.5 Å². The maximum absolute atomic E-state index is 10.3. The van der Waals surface area contributed by atoms with Crippen LogP contribution in [0, 0.1) is 10.1 Å². The van der Waals surface area contributed by atoms with Crippen LogP contribution in [0.3, 0.4) is 0 Å². The summed E-state index contributed by atoms with van der Waals surface area (Å²) >= 11 is 0. The van der Waals surface area contributed by atoms with E-state index >= 15 is 0 Å². The van der Waals surface area contributed by atoms with Gasteiger partial charge in [0.1, 0.15) is 0 Å². The summed E-state index contributed by atoms with van der Waals surface area (Å²) in [5, 5.41) is 10.3. The maximum atomic E-state index is 10.3. The van der Waals surface area contributed by atoms with Crippen LogP contribution in [0.1, 0.15) is 18.9 Å². The Morgan fingerprint density at radius 2 is 2.00 bits per heavy atom. The molecule has 13 heavy (non-hydrogen) atoms. The van der Waals surface area contributed by atoms with Gasteiger partial charge in [0.05, 0.1) is 4.92 Å². The normalized spacial score (nSPS) is 9.62. The molecule has 0 aliphatic rings. The van der Waals surface area contributed by atoms with Crippen LogP contribution in [0.2, 0.25) is 0 Å². The van der Waals surface area contributed by atoms with Crippen LogP contribution in [0.25, 0.3) is 5.57 Å². The van der Waals surface area contributed by atoms with Crippen molar-refractivity contribution < 1.29 is 4.92 Å². The van der Waals surface area contributed by atoms with Crippen molar-refractivity contribution in [2.75, 3.05) is 0 Å². The van der Waals surface area contributed by atoms with E-state index in [2.05, 4.69) is 6.58 Å². The Kier molecular flexibility index (Phi) is 2.80. The van der Waals surface area contributed by atoms with Crippen molar-refractivity contribution in [1.82, 2.24) is 0 Å². The third-order valence-corrected chi connectivity index (χ3v) is 1.91. The largest absolute Gasteiger partial charge is 0.269 e. The van der Waals surface area contributed by atoms with Gasteiger partial charge < -0.3 is 0 Å². The minimum absolute atomic E-state index is 0.118. The molecule has 0 aliphatic heterocycles. The predicted molar refractivity (Wildman–Crippen MR) is 52.4 cm³/mol. The van der Waals surface area contributed by atoms with Gasteiger partial charge in [-0.1, -0.05) is 13.5 Å². The number of benzene rings is 1. The van der Waals surface area contributed by atoms with Crippen LogP contribution in [-0.4, -0.2) is 4.92 Å². The Labute approximate surface area is 76.9 Å². The van der Waals surface area contributed by atoms with Gasteiger partial charge in [-0.25, -0.2) is 0 Å². The highest BCUT2D eigenvalue weighted by molar-refractivity contribution is 5.63. The molecule has 0 bridgehead atoms. The van der Waals surface area contributed by atoms with Gasteiger partial charge in [-0.15, -0.1) is 0 Å². The van der Waals surface area contributed by atoms with E-state index < -0.39 is 4.92 Å². The molecule has 0 N–H and O–H groups in total. The number of allylic oxidation sites excluding steroid dienone is 1. The topological polar surface area (TPSA) is 43.1 Å². The smallest absolute Gasteiger partial charge is 0.258 e. The zero-order valence-electron chi connectivity index (χ0n) is 7.49. The second-order valence-electron chi connectivity index (χ2n) is 2.76. The number of nitro benzene ring substituents is 1. The van der Waals surface area contributed by atoms with Gasteiger partial charge in [-0.05, 0) is 29.7 Å². The van der Waals surface area contributed by atoms with Crippen molar-refractivity contribution in [3.8, 4) is 0 Å². The quantitative estimate of drug-likeness (QED) is 0.526. The zero-order valence-corrected chi connectivity index (χ0v) is 7.49. The van der Waals surface area contributed by atoms with Crippen LogP contribution in [0.15, 0.2) is 30.8 Å². The second kappa shape index (κ2) is 3.85. The first-order chi connectivity index (χ1) is 6.15. The average Bonchev–Trinajstić information content (AvgIpc) is 2.17. The lowest BCUT2D eigenvalue weighted by atomic mass is 10.1. The van der Waals surface area contributed by atoms with Crippen molar-refractivity contribution in [2.45, 2.75) is 13.3 Å². The molecule has 3 nitrogen and oxygen atoms in total. The van der Waals surface area contributed by atoms with Crippen LogP contribution in [-0.2, 0) is 0 Å². The Hall–Kier alpha value is -1.64. The molecule has 1 rings (SSSR count). The van der Waals surface area contributed by atoms with E-state index in [-0.39, 0.29) is 5.69 Å². The summed E-state index contributed by atoms with van der Waals surface area (Å²) in [6.07, 6.45) is 0.859. The molecule has 0 saturated carbocycles. The Morgan fingerprint density at radius 3 is 2.38 bits per heavy atom. The zero-order chi connectivity index (χ0) is 9.84. The molecule has 0 heterocycles. The van der Waals surface area contributed by atoms with E-state index in [1.54, 1.807) is 12.1 Å². The minimum Gasteiger partial charge on any atom is -0.258 e. The molecule has 0 radical (unpaired) electrons. The lowest BCUT2D eigenvalue weighted by Gasteiger charge is -2.00. The fraction of sp³-hybridized carbons (Fsp3) is 0.200. The lowest BCUT2D eigenvalue weighted by Crippen LogP contribution is -1.88. The van der Waals surface area contributed by atoms with E-state index in [1.807, 2.05) is 6.92 Å². The highest BCUT2D eigenvalue weighted by Gasteiger charge is 2.04. The molecule has 0 spiro atoms. The van der Waals surface area contributed by atoms with E-state index in [9.17, 15) is 10.1 Å². The molecule has 3 heteroatoms. The third-order valence-electron chi connectivity index (χ3n) is 1.91. The first-order valence-corrected chi connectivity index (χ1v) is 4.07. The average molecular weight is 177 g/mol. The summed E-state index contributed by atoms with van der Waals surface area (Å²) in [6, 6.07) is 6.44. The highest BCUT2D eigenvalue weighted by atomic mass is 16.6. The highest BCUT2D eigenvalue weighted by Crippen LogP contribution is 2.19. The van der Waals surface area contributed by atoms with Gasteiger partial charge in [0.25, 0.3) is 5.69 Å². The summed E-state index contributed by atoms with van der Waals surface area (Å²) in [6.45, 7) is 5.85. The SMILES string of the molecule is C=C(CC)c1ccc([N+](=O)[O-])cc1. The number of hydrogen-bond acceptors (Lipinski definition) is 2. The summed E-state index contributed by atoms with van der Waals surface area (Å²) in [5.74, 6) is 0. The summed E-state index contributed by atoms with van der Waals surface area (Å²) < 4.78 is 0. The Bertz CT molecular complexity index is 327. The standard InChI is InChI=1S/C10H11NO2/c1-3-8(2)9-4-6-10(7-5-9)11(12)13/h4-7H,2-3H2,1H3. The number of rotatable bonds is 3. The molecule has 0 saturated heterocycles. The molecule has 1 aromatic carbocycles. The van der Waals surface area contributed by atoms with Gasteiger partial charge in [0.2, 0.25) is 0 Å². The van der Waals surface area contributed by atoms with Crippen LogP contribution in [0.4, 0.5) is 5.69 Å². The van der Waals surface area contributed by atoms with Gasteiger partial charge >= 0.3 is 0 Å². The van der Waals surface area contributed by atoms with Crippen LogP contribution >= 0.6 is 0 Å². The van der Waals surface area contributed by atoms with Crippen molar-refractivity contribution in [3.63, 3.8) is 0 Å². The minimum atomic E-state index is -0.404. The molecule has 68 valence electrons. The van der Waals surface area contributed by atoms with Crippen LogP contribution < -0.4 is 0 Å². The summed E-state index contributed by atoms with van der Waals surface area (Å²) in [5.41, 5.74) is 2.08. The fourth-order valence-electron chi connectivity index (χ4n) is 1.02. The Morgan fingerprint density at radius 1 is 1.46 bits per heavy atom. The Balaban J connectivity index is 2.93. The lowest BCUT2D eigenvalue weighted by molar-refractivity contribution is -0.384. The van der Waals surface area contributed by atoms with E-state index in [0.29, 0.717) is 0 Å². The third kappa shape index (κ3) is 2.15. The van der Waals surface area contributed by atoms with E-state index in [0.717, 1.165) is 17.6 Å². The maximum Gasteiger partial charge on any atom is 0.269 e. The van der Waals surface area contributed by atoms with Crippen molar-refractivity contribution in [1.29, 1.82) is 0 Å². The van der Waals surface area contributed by atoms with Gasteiger partial charge in [-0.3, -0.25) is 10.1 Å². The first kappa shape index (κ1) is 9.45. The van der Waals surface area contributed by atoms with Gasteiger partial charge in [-0.2, -0.15) is 0 Å². The molecule has 1 aromatic rings. The van der Waals surface area contributed by atoms with Crippen molar-refractivity contribution in [2.24, 2.45) is 0 Å². The second-order valence-corrected chi connectivity index (χ2v) is 2.76. The molecular formula is C10H11NO2. The molecule has 0 atom stereocenters. The monoisotopic (exact) mass is 177 g/mol. The molecule has 0 aliphatic carbocycles. The fourth-order valence-corrected chi connectivity index (χ4v) is 1.02. The molecule has 0 fully saturated rings. The summed E-state index contributed by atoms with van der Waals surface area (Å²) in [4.78, 5) is 9.93. The number of non-ortho nitro benzene ring substituents is 1. The van der Waals surface area contributed by atoms with E-state index in [1.165, 1.54) is 12.1 Å². The van der Waals surface area contributed by atoms with Crippen molar-refractivity contribution >= 4 is 11.3 Å². The van der Waals surface area contributed by atoms with Gasteiger partial charge in [0.15, 0.2) is 0 Å². The number of nitro groups is 1. The number of hydrogen-bond donors (Lipinski definition) is 0. The molecular weight excluding hydrogens is 166 g/mol. The molecule has 0 amide bonds. The summed E-state index contributed by atoms with van der Waals surface area (Å²) in [7, 11) is 0. The predicted octanol–water partition coefficient (Wildman–Crippen LogP) is 3.02. The molecule has 0 unspecified atom stereocenters. The first-order valence-electron chi connectivity index (χ1n) is 4.07. The van der Waals surface area contributed by atoms with Gasteiger partial charge in [0, 0.05) is 12.1 Å². The number of nitrogens with zero attached hydrogens (tertiary/aromatic N) is 1.